The summed E-state index contributed by atoms with van der Waals surface area (Å²) in [5.74, 6) is 0. The smallest absolute Gasteiger partial charge is 0.169 e. The van der Waals surface area contributed by atoms with Crippen molar-refractivity contribution in [2.24, 2.45) is 0 Å². The van der Waals surface area contributed by atoms with Crippen molar-refractivity contribution >= 4 is 17.3 Å². The van der Waals surface area contributed by atoms with Crippen molar-refractivity contribution in [3.05, 3.63) is 0 Å². The summed E-state index contributed by atoms with van der Waals surface area (Å²) in [6.07, 6.45) is 2.37. The zero-order chi connectivity index (χ0) is 11.8. The summed E-state index contributed by atoms with van der Waals surface area (Å²) in [5.41, 5.74) is 0. The molecule has 0 bridgehead atoms. The van der Waals surface area contributed by atoms with Gasteiger partial charge in [-0.2, -0.15) is 0 Å². The topological polar surface area (TPSA) is 38.7 Å². The van der Waals surface area contributed by atoms with Gasteiger partial charge >= 0.3 is 0 Å². The zero-order valence-corrected chi connectivity index (χ0v) is 10.9. The van der Waals surface area contributed by atoms with Crippen LogP contribution in [0.25, 0.3) is 0 Å². The third-order valence-electron chi connectivity index (χ3n) is 2.88. The highest BCUT2D eigenvalue weighted by molar-refractivity contribution is 7.80. The third-order valence-corrected chi connectivity index (χ3v) is 3.28. The Kier molecular flexibility index (Phi) is 6.68. The van der Waals surface area contributed by atoms with E-state index in [1.165, 1.54) is 12.8 Å². The van der Waals surface area contributed by atoms with Crippen LogP contribution < -0.4 is 5.32 Å². The van der Waals surface area contributed by atoms with E-state index in [1.54, 1.807) is 0 Å². The van der Waals surface area contributed by atoms with Gasteiger partial charge in [0.2, 0.25) is 0 Å². The minimum absolute atomic E-state index is 0.249. The predicted molar refractivity (Wildman–Crippen MR) is 70.6 cm³/mol. The quantitative estimate of drug-likeness (QED) is 0.537. The molecule has 0 saturated carbocycles. The highest BCUT2D eigenvalue weighted by atomic mass is 32.1. The Morgan fingerprint density at radius 1 is 1.31 bits per heavy atom. The molecule has 0 aromatic heterocycles. The first kappa shape index (κ1) is 13.7. The Morgan fingerprint density at radius 2 is 2.00 bits per heavy atom. The zero-order valence-electron chi connectivity index (χ0n) is 10.1. The molecule has 1 aliphatic heterocycles. The van der Waals surface area contributed by atoms with Crippen LogP contribution >= 0.6 is 12.2 Å². The summed E-state index contributed by atoms with van der Waals surface area (Å²) in [6.45, 7) is 8.12. The van der Waals surface area contributed by atoms with Crippen molar-refractivity contribution < 1.29 is 5.11 Å². The minimum atomic E-state index is 0.249. The summed E-state index contributed by atoms with van der Waals surface area (Å²) < 4.78 is 0. The monoisotopic (exact) mass is 245 g/mol. The van der Waals surface area contributed by atoms with Crippen LogP contribution in [-0.2, 0) is 0 Å². The van der Waals surface area contributed by atoms with Crippen molar-refractivity contribution in [1.29, 1.82) is 0 Å². The maximum atomic E-state index is 8.84. The Bertz CT molecular complexity index is 205. The van der Waals surface area contributed by atoms with Crippen molar-refractivity contribution in [1.82, 2.24) is 15.1 Å². The van der Waals surface area contributed by atoms with Crippen LogP contribution in [0.4, 0.5) is 0 Å². The lowest BCUT2D eigenvalue weighted by atomic mass is 10.3. The van der Waals surface area contributed by atoms with Crippen LogP contribution in [0.15, 0.2) is 0 Å². The first-order valence-electron chi connectivity index (χ1n) is 6.14. The maximum absolute atomic E-state index is 8.84. The molecule has 1 saturated heterocycles. The van der Waals surface area contributed by atoms with E-state index in [1.807, 2.05) is 0 Å². The van der Waals surface area contributed by atoms with Crippen molar-refractivity contribution in [3.8, 4) is 0 Å². The van der Waals surface area contributed by atoms with Crippen LogP contribution in [0.3, 0.4) is 0 Å². The van der Waals surface area contributed by atoms with Gasteiger partial charge in [0.05, 0.1) is 6.61 Å². The maximum Gasteiger partial charge on any atom is 0.169 e. The molecule has 0 spiro atoms. The largest absolute Gasteiger partial charge is 0.395 e. The van der Waals surface area contributed by atoms with Crippen molar-refractivity contribution in [2.75, 3.05) is 45.9 Å². The highest BCUT2D eigenvalue weighted by Gasteiger charge is 2.17. The average molecular weight is 245 g/mol. The highest BCUT2D eigenvalue weighted by Crippen LogP contribution is 2.01. The third kappa shape index (κ3) is 4.63. The fraction of sp³-hybridized carbons (Fsp3) is 0.909. The molecule has 0 radical (unpaired) electrons. The van der Waals surface area contributed by atoms with Crippen LogP contribution in [0.5, 0.6) is 0 Å². The molecule has 1 aliphatic rings. The molecule has 0 aliphatic carbocycles. The normalized spacial score (nSPS) is 17.5. The van der Waals surface area contributed by atoms with Crippen LogP contribution in [0.1, 0.15) is 19.8 Å². The lowest BCUT2D eigenvalue weighted by molar-refractivity contribution is 0.146. The summed E-state index contributed by atoms with van der Waals surface area (Å²) >= 11 is 5.34. The SMILES string of the molecule is CCCCNC(=S)N1CCN(CCO)CC1. The van der Waals surface area contributed by atoms with Gasteiger partial charge in [-0.15, -0.1) is 0 Å². The van der Waals surface area contributed by atoms with E-state index < -0.39 is 0 Å². The number of aliphatic hydroxyl groups is 1. The molecule has 1 heterocycles. The number of hydrogen-bond donors (Lipinski definition) is 2. The molecule has 0 atom stereocenters. The molecule has 1 rings (SSSR count). The Balaban J connectivity index is 2.17. The molecular formula is C11H23N3OS. The number of hydrogen-bond acceptors (Lipinski definition) is 3. The average Bonchev–Trinajstić information content (AvgIpc) is 2.30. The number of nitrogens with one attached hydrogen (secondary N) is 1. The van der Waals surface area contributed by atoms with Gasteiger partial charge in [-0.3, -0.25) is 4.90 Å². The first-order valence-corrected chi connectivity index (χ1v) is 6.54. The fourth-order valence-electron chi connectivity index (χ4n) is 1.80. The molecule has 2 N–H and O–H groups in total. The van der Waals surface area contributed by atoms with Gasteiger partial charge in [-0.1, -0.05) is 13.3 Å². The van der Waals surface area contributed by atoms with Gasteiger partial charge in [-0.05, 0) is 18.6 Å². The van der Waals surface area contributed by atoms with E-state index in [2.05, 4.69) is 22.0 Å². The molecule has 0 aromatic carbocycles. The van der Waals surface area contributed by atoms with Crippen LogP contribution in [-0.4, -0.2) is 65.9 Å². The first-order chi connectivity index (χ1) is 7.77. The van der Waals surface area contributed by atoms with E-state index in [-0.39, 0.29) is 6.61 Å². The number of aliphatic hydroxyl groups excluding tert-OH is 1. The van der Waals surface area contributed by atoms with E-state index in [0.717, 1.165) is 44.4 Å². The number of unbranched alkanes of at least 4 members (excludes halogenated alkanes) is 1. The van der Waals surface area contributed by atoms with Crippen LogP contribution in [0.2, 0.25) is 0 Å². The van der Waals surface area contributed by atoms with E-state index in [0.29, 0.717) is 0 Å². The van der Waals surface area contributed by atoms with Crippen molar-refractivity contribution in [3.63, 3.8) is 0 Å². The van der Waals surface area contributed by atoms with E-state index >= 15 is 0 Å². The summed E-state index contributed by atoms with van der Waals surface area (Å²) in [7, 11) is 0. The molecule has 5 heteroatoms. The van der Waals surface area contributed by atoms with Gasteiger partial charge in [0.25, 0.3) is 0 Å². The molecule has 16 heavy (non-hydrogen) atoms. The van der Waals surface area contributed by atoms with Gasteiger partial charge in [-0.25, -0.2) is 0 Å². The summed E-state index contributed by atoms with van der Waals surface area (Å²) in [4.78, 5) is 4.49. The number of β-amino-alcohol motifs (C(OH)–C–C–N with tert-alkyl or cyclic N) is 1. The molecule has 94 valence electrons. The molecule has 4 nitrogen and oxygen atoms in total. The summed E-state index contributed by atoms with van der Waals surface area (Å²) in [6, 6.07) is 0. The van der Waals surface area contributed by atoms with E-state index in [9.17, 15) is 0 Å². The molecule has 0 aromatic rings. The Morgan fingerprint density at radius 3 is 2.56 bits per heavy atom. The van der Waals surface area contributed by atoms with Crippen LogP contribution in [0, 0.1) is 0 Å². The Hall–Kier alpha value is -0.390. The lowest BCUT2D eigenvalue weighted by Gasteiger charge is -2.35. The van der Waals surface area contributed by atoms with Gasteiger partial charge in [0.1, 0.15) is 0 Å². The minimum Gasteiger partial charge on any atom is -0.395 e. The standard InChI is InChI=1S/C11H23N3OS/c1-2-3-4-12-11(16)14-7-5-13(6-8-14)9-10-15/h15H,2-10H2,1H3,(H,12,16). The number of rotatable bonds is 5. The second-order valence-corrected chi connectivity index (χ2v) is 4.52. The Labute approximate surface area is 104 Å². The van der Waals surface area contributed by atoms with E-state index in [4.69, 9.17) is 17.3 Å². The fourth-order valence-corrected chi connectivity index (χ4v) is 2.08. The number of piperazine rings is 1. The van der Waals surface area contributed by atoms with Gasteiger partial charge in [0.15, 0.2) is 5.11 Å². The van der Waals surface area contributed by atoms with Crippen molar-refractivity contribution in [2.45, 2.75) is 19.8 Å². The second-order valence-electron chi connectivity index (χ2n) is 4.14. The number of nitrogens with zero attached hydrogens (tertiary/aromatic N) is 2. The van der Waals surface area contributed by atoms with Gasteiger partial charge < -0.3 is 15.3 Å². The number of thiocarbonyl (C=S) groups is 1. The lowest BCUT2D eigenvalue weighted by Crippen LogP contribution is -2.52. The molecular weight excluding hydrogens is 222 g/mol. The molecule has 1 fully saturated rings. The molecule has 0 amide bonds. The predicted octanol–water partition coefficient (Wildman–Crippen LogP) is 0.271. The second kappa shape index (κ2) is 7.81. The molecule has 0 unspecified atom stereocenters. The summed E-state index contributed by atoms with van der Waals surface area (Å²) in [5, 5.41) is 13.0. The van der Waals surface area contributed by atoms with Gasteiger partial charge in [0, 0.05) is 39.3 Å².